The Morgan fingerprint density at radius 2 is 1.84 bits per heavy atom. The second-order valence-electron chi connectivity index (χ2n) is 6.44. The minimum absolute atomic E-state index is 0.131. The predicted octanol–water partition coefficient (Wildman–Crippen LogP) is 6.70. The largest absolute Gasteiger partial charge is 0.508 e. The van der Waals surface area contributed by atoms with E-state index >= 15 is 0 Å². The maximum absolute atomic E-state index is 12.1. The van der Waals surface area contributed by atoms with Crippen molar-refractivity contribution in [2.75, 3.05) is 12.4 Å². The Balaban J connectivity index is 1.70. The van der Waals surface area contributed by atoms with Gasteiger partial charge >= 0.3 is 0 Å². The smallest absolute Gasteiger partial charge is 0.248 e. The number of anilines is 1. The lowest BCUT2D eigenvalue weighted by Crippen LogP contribution is -2.07. The average Bonchev–Trinajstić information content (AvgIpc) is 2.75. The van der Waals surface area contributed by atoms with E-state index in [2.05, 4.69) is 21.2 Å². The van der Waals surface area contributed by atoms with Gasteiger partial charge in [-0.2, -0.15) is 0 Å². The topological polar surface area (TPSA) is 67.8 Å². The Labute approximate surface area is 198 Å². The fraction of sp³-hybridized carbons (Fsp3) is 0.0870. The van der Waals surface area contributed by atoms with E-state index in [1.807, 2.05) is 12.1 Å². The van der Waals surface area contributed by atoms with Crippen LogP contribution in [0.4, 0.5) is 5.69 Å². The zero-order valence-corrected chi connectivity index (χ0v) is 19.5. The maximum atomic E-state index is 12.1. The molecule has 3 aromatic carbocycles. The van der Waals surface area contributed by atoms with Gasteiger partial charge in [0.05, 0.1) is 21.6 Å². The summed E-state index contributed by atoms with van der Waals surface area (Å²) in [5.74, 6) is 0.861. The third-order valence-corrected chi connectivity index (χ3v) is 5.51. The van der Waals surface area contributed by atoms with E-state index in [4.69, 9.17) is 32.7 Å². The predicted molar refractivity (Wildman–Crippen MR) is 127 cm³/mol. The molecule has 0 saturated heterocycles. The summed E-state index contributed by atoms with van der Waals surface area (Å²) in [6.45, 7) is 0.274. The summed E-state index contributed by atoms with van der Waals surface area (Å²) in [6, 6.07) is 15.1. The quantitative estimate of drug-likeness (QED) is 0.267. The Bertz CT molecular complexity index is 1120. The molecule has 5 nitrogen and oxygen atoms in total. The normalized spacial score (nSPS) is 10.8. The van der Waals surface area contributed by atoms with E-state index in [9.17, 15) is 9.90 Å². The molecule has 31 heavy (non-hydrogen) atoms. The molecule has 0 aromatic heterocycles. The van der Waals surface area contributed by atoms with Crippen LogP contribution in [-0.2, 0) is 11.4 Å². The second kappa shape index (κ2) is 10.6. The first-order chi connectivity index (χ1) is 14.9. The van der Waals surface area contributed by atoms with Gasteiger partial charge in [-0.05, 0) is 81.7 Å². The number of hydrogen-bond acceptors (Lipinski definition) is 4. The summed E-state index contributed by atoms with van der Waals surface area (Å²) in [7, 11) is 1.54. The average molecular weight is 523 g/mol. The lowest BCUT2D eigenvalue weighted by atomic mass is 10.2. The molecule has 0 aliphatic carbocycles. The molecule has 8 heteroatoms. The van der Waals surface area contributed by atoms with Gasteiger partial charge in [0, 0.05) is 11.8 Å². The number of halogens is 3. The summed E-state index contributed by atoms with van der Waals surface area (Å²) in [5.41, 5.74) is 2.18. The number of benzene rings is 3. The van der Waals surface area contributed by atoms with Gasteiger partial charge in [0.1, 0.15) is 12.4 Å². The van der Waals surface area contributed by atoms with E-state index < -0.39 is 0 Å². The third-order valence-electron chi connectivity index (χ3n) is 4.18. The molecule has 3 rings (SSSR count). The van der Waals surface area contributed by atoms with E-state index in [1.54, 1.807) is 43.5 Å². The molecule has 0 atom stereocenters. The van der Waals surface area contributed by atoms with Crippen molar-refractivity contribution in [1.29, 1.82) is 0 Å². The number of nitrogens with one attached hydrogen (secondary N) is 1. The molecule has 1 amide bonds. The van der Waals surface area contributed by atoms with E-state index in [0.717, 1.165) is 11.1 Å². The van der Waals surface area contributed by atoms with Crippen LogP contribution in [0.15, 0.2) is 65.1 Å². The highest BCUT2D eigenvalue weighted by Gasteiger charge is 2.12. The highest BCUT2D eigenvalue weighted by Crippen LogP contribution is 2.37. The number of ether oxygens (including phenoxy) is 2. The van der Waals surface area contributed by atoms with Crippen LogP contribution in [0.1, 0.15) is 11.1 Å². The molecule has 0 unspecified atom stereocenters. The number of rotatable bonds is 7. The second-order valence-corrected chi connectivity index (χ2v) is 8.11. The number of aromatic hydroxyl groups is 1. The van der Waals surface area contributed by atoms with Crippen LogP contribution < -0.4 is 14.8 Å². The Hall–Kier alpha value is -2.67. The lowest BCUT2D eigenvalue weighted by Gasteiger charge is -2.14. The highest BCUT2D eigenvalue weighted by molar-refractivity contribution is 9.10. The third kappa shape index (κ3) is 6.40. The summed E-state index contributed by atoms with van der Waals surface area (Å²) in [6.07, 6.45) is 3.07. The summed E-state index contributed by atoms with van der Waals surface area (Å²) < 4.78 is 12.0. The van der Waals surface area contributed by atoms with Gasteiger partial charge in [-0.15, -0.1) is 0 Å². The monoisotopic (exact) mass is 521 g/mol. The van der Waals surface area contributed by atoms with Crippen LogP contribution >= 0.6 is 39.1 Å². The van der Waals surface area contributed by atoms with Crippen molar-refractivity contribution in [3.63, 3.8) is 0 Å². The van der Waals surface area contributed by atoms with Gasteiger partial charge in [-0.3, -0.25) is 4.79 Å². The number of phenolic OH excluding ortho intramolecular Hbond substituents is 1. The molecule has 0 bridgehead atoms. The molecule has 2 N–H and O–H groups in total. The first-order valence-electron chi connectivity index (χ1n) is 9.08. The van der Waals surface area contributed by atoms with Crippen molar-refractivity contribution in [2.24, 2.45) is 0 Å². The molecule has 0 radical (unpaired) electrons. The number of carbonyl (C=O) groups is 1. The zero-order valence-electron chi connectivity index (χ0n) is 16.4. The SMILES string of the molecule is COc1cc(/C=C/C(=O)Nc2ccc(O)cc2)cc(Br)c1OCc1ccc(Cl)c(Cl)c1. The van der Waals surface area contributed by atoms with Crippen LogP contribution in [0.2, 0.25) is 10.0 Å². The molecule has 0 heterocycles. The van der Waals surface area contributed by atoms with E-state index in [1.165, 1.54) is 18.2 Å². The maximum Gasteiger partial charge on any atom is 0.248 e. The fourth-order valence-electron chi connectivity index (χ4n) is 2.66. The minimum Gasteiger partial charge on any atom is -0.508 e. The number of hydrogen-bond donors (Lipinski definition) is 2. The molecule has 0 fully saturated rings. The molecule has 0 saturated carbocycles. The Morgan fingerprint density at radius 3 is 2.52 bits per heavy atom. The lowest BCUT2D eigenvalue weighted by molar-refractivity contribution is -0.111. The van der Waals surface area contributed by atoms with Crippen LogP contribution in [0.5, 0.6) is 17.2 Å². The molecule has 0 spiro atoms. The van der Waals surface area contributed by atoms with Crippen LogP contribution in [-0.4, -0.2) is 18.1 Å². The van der Waals surface area contributed by atoms with Crippen molar-refractivity contribution in [3.05, 3.63) is 86.3 Å². The molecule has 0 aliphatic heterocycles. The highest BCUT2D eigenvalue weighted by atomic mass is 79.9. The van der Waals surface area contributed by atoms with Gasteiger partial charge in [-0.1, -0.05) is 29.3 Å². The summed E-state index contributed by atoms with van der Waals surface area (Å²) >= 11 is 15.5. The Morgan fingerprint density at radius 1 is 1.10 bits per heavy atom. The van der Waals surface area contributed by atoms with Crippen molar-refractivity contribution >= 4 is 56.8 Å². The Kier molecular flexibility index (Phi) is 7.85. The zero-order chi connectivity index (χ0) is 22.4. The minimum atomic E-state index is -0.305. The van der Waals surface area contributed by atoms with E-state index in [0.29, 0.717) is 31.7 Å². The van der Waals surface area contributed by atoms with Gasteiger partial charge in [0.15, 0.2) is 11.5 Å². The number of carbonyl (C=O) groups excluding carboxylic acids is 1. The summed E-state index contributed by atoms with van der Waals surface area (Å²) in [4.78, 5) is 12.1. The molecular formula is C23H18BrCl2NO4. The first kappa shape index (κ1) is 23.0. The van der Waals surface area contributed by atoms with Gasteiger partial charge in [0.25, 0.3) is 0 Å². The molecule has 0 aliphatic rings. The van der Waals surface area contributed by atoms with E-state index in [-0.39, 0.29) is 18.3 Å². The van der Waals surface area contributed by atoms with Crippen LogP contribution in [0.25, 0.3) is 6.08 Å². The van der Waals surface area contributed by atoms with Crippen molar-refractivity contribution in [2.45, 2.75) is 6.61 Å². The number of methoxy groups -OCH3 is 1. The van der Waals surface area contributed by atoms with Gasteiger partial charge < -0.3 is 19.9 Å². The van der Waals surface area contributed by atoms with Crippen molar-refractivity contribution in [1.82, 2.24) is 0 Å². The van der Waals surface area contributed by atoms with Gasteiger partial charge in [0.2, 0.25) is 5.91 Å². The first-order valence-corrected chi connectivity index (χ1v) is 10.6. The number of phenols is 1. The molecule has 3 aromatic rings. The van der Waals surface area contributed by atoms with Crippen molar-refractivity contribution in [3.8, 4) is 17.2 Å². The number of amides is 1. The standard InChI is InChI=1S/C23H18BrCl2NO4/c1-30-21-12-14(3-9-22(29)27-16-4-6-17(28)7-5-16)10-18(24)23(21)31-13-15-2-8-19(25)20(26)11-15/h2-12,28H,13H2,1H3,(H,27,29)/b9-3+. The molecular weight excluding hydrogens is 505 g/mol. The fourth-order valence-corrected chi connectivity index (χ4v) is 3.56. The molecule has 160 valence electrons. The van der Waals surface area contributed by atoms with Gasteiger partial charge in [-0.25, -0.2) is 0 Å². The van der Waals surface area contributed by atoms with Crippen LogP contribution in [0.3, 0.4) is 0 Å². The summed E-state index contributed by atoms with van der Waals surface area (Å²) in [5, 5.41) is 13.0. The van der Waals surface area contributed by atoms with Crippen molar-refractivity contribution < 1.29 is 19.4 Å². The van der Waals surface area contributed by atoms with Crippen LogP contribution in [0, 0.1) is 0 Å².